The number of hydrogen-bond donors (Lipinski definition) is 1. The third-order valence-corrected chi connectivity index (χ3v) is 7.82. The third kappa shape index (κ3) is 4.55. The van der Waals surface area contributed by atoms with Crippen LogP contribution in [0.4, 0.5) is 5.69 Å². The van der Waals surface area contributed by atoms with Gasteiger partial charge in [0.2, 0.25) is 0 Å². The molecule has 3 aromatic carbocycles. The number of hydrogen-bond acceptors (Lipinski definition) is 3. The van der Waals surface area contributed by atoms with Crippen LogP contribution < -0.4 is 9.62 Å². The first kappa shape index (κ1) is 22.1. The van der Waals surface area contributed by atoms with E-state index in [1.807, 2.05) is 38.1 Å². The van der Waals surface area contributed by atoms with Crippen molar-refractivity contribution in [1.82, 2.24) is 5.32 Å². The van der Waals surface area contributed by atoms with Gasteiger partial charge in [-0.05, 0) is 74.6 Å². The van der Waals surface area contributed by atoms with Crippen LogP contribution in [-0.4, -0.2) is 26.4 Å². The maximum absolute atomic E-state index is 13.2. The smallest absolute Gasteiger partial charge is 0.264 e. The van der Waals surface area contributed by atoms with Crippen LogP contribution >= 0.6 is 0 Å². The molecule has 0 aliphatic carbocycles. The Morgan fingerprint density at radius 2 is 1.69 bits per heavy atom. The summed E-state index contributed by atoms with van der Waals surface area (Å²) in [6, 6.07) is 23.8. The minimum atomic E-state index is -3.65. The van der Waals surface area contributed by atoms with E-state index >= 15 is 0 Å². The van der Waals surface area contributed by atoms with Crippen LogP contribution in [0.3, 0.4) is 0 Å². The number of aryl methyl sites for hydroxylation is 1. The van der Waals surface area contributed by atoms with Crippen LogP contribution in [0.5, 0.6) is 0 Å². The number of fused-ring (bicyclic) bond motifs is 1. The number of rotatable bonds is 7. The number of sulfonamides is 1. The molecule has 166 valence electrons. The van der Waals surface area contributed by atoms with Crippen LogP contribution in [-0.2, 0) is 22.9 Å². The molecule has 1 aliphatic heterocycles. The molecule has 0 aromatic heterocycles. The van der Waals surface area contributed by atoms with Crippen molar-refractivity contribution in [2.24, 2.45) is 0 Å². The van der Waals surface area contributed by atoms with Crippen molar-refractivity contribution in [3.05, 3.63) is 95.6 Å². The molecular weight excluding hydrogens is 420 g/mol. The molecule has 0 radical (unpaired) electrons. The first-order valence-corrected chi connectivity index (χ1v) is 12.4. The van der Waals surface area contributed by atoms with Gasteiger partial charge in [0.05, 0.1) is 10.6 Å². The van der Waals surface area contributed by atoms with E-state index in [1.165, 1.54) is 9.87 Å². The highest BCUT2D eigenvalue weighted by molar-refractivity contribution is 7.92. The quantitative estimate of drug-likeness (QED) is 0.575. The summed E-state index contributed by atoms with van der Waals surface area (Å²) in [4.78, 5) is 13.1. The molecule has 0 saturated heterocycles. The first-order valence-electron chi connectivity index (χ1n) is 10.9. The molecule has 0 unspecified atom stereocenters. The Bertz CT molecular complexity index is 1190. The van der Waals surface area contributed by atoms with E-state index in [2.05, 4.69) is 17.4 Å². The fourth-order valence-electron chi connectivity index (χ4n) is 4.22. The maximum Gasteiger partial charge on any atom is 0.264 e. The minimum absolute atomic E-state index is 0.0323. The lowest BCUT2D eigenvalue weighted by Gasteiger charge is -2.24. The van der Waals surface area contributed by atoms with E-state index in [0.29, 0.717) is 17.7 Å². The molecule has 32 heavy (non-hydrogen) atoms. The van der Waals surface area contributed by atoms with Gasteiger partial charge < -0.3 is 5.32 Å². The van der Waals surface area contributed by atoms with Crippen molar-refractivity contribution in [1.29, 1.82) is 0 Å². The maximum atomic E-state index is 13.2. The van der Waals surface area contributed by atoms with E-state index in [-0.39, 0.29) is 22.9 Å². The van der Waals surface area contributed by atoms with Crippen LogP contribution in [0.1, 0.15) is 41.8 Å². The van der Waals surface area contributed by atoms with Gasteiger partial charge in [-0.25, -0.2) is 8.42 Å². The molecule has 5 nitrogen and oxygen atoms in total. The number of nitrogens with zero attached hydrogens (tertiary/aromatic N) is 1. The van der Waals surface area contributed by atoms with E-state index in [1.54, 1.807) is 42.5 Å². The Kier molecular flexibility index (Phi) is 6.33. The summed E-state index contributed by atoms with van der Waals surface area (Å²) in [5, 5.41) is 3.07. The zero-order chi connectivity index (χ0) is 22.7. The summed E-state index contributed by atoms with van der Waals surface area (Å²) in [5.41, 5.74) is 3.33. The second kappa shape index (κ2) is 9.17. The third-order valence-electron chi connectivity index (χ3n) is 5.88. The molecule has 4 rings (SSSR count). The highest BCUT2D eigenvalue weighted by atomic mass is 32.2. The van der Waals surface area contributed by atoms with Crippen molar-refractivity contribution in [2.75, 3.05) is 4.31 Å². The van der Waals surface area contributed by atoms with Gasteiger partial charge in [-0.1, -0.05) is 48.5 Å². The van der Waals surface area contributed by atoms with Gasteiger partial charge in [0.1, 0.15) is 0 Å². The van der Waals surface area contributed by atoms with Crippen molar-refractivity contribution in [3.63, 3.8) is 0 Å². The van der Waals surface area contributed by atoms with Crippen LogP contribution in [0, 0.1) is 0 Å². The van der Waals surface area contributed by atoms with Gasteiger partial charge in [0, 0.05) is 17.6 Å². The molecular formula is C26H28N2O3S. The topological polar surface area (TPSA) is 66.5 Å². The van der Waals surface area contributed by atoms with E-state index in [4.69, 9.17) is 0 Å². The number of nitrogens with one attached hydrogen (secondary N) is 1. The van der Waals surface area contributed by atoms with Crippen molar-refractivity contribution in [2.45, 2.75) is 50.1 Å². The Hall–Kier alpha value is -3.12. The number of benzene rings is 3. The normalized spacial score (nSPS) is 16.4. The molecule has 0 fully saturated rings. The SMILES string of the molecule is C[C@@H]1Cc2cc(C(=O)N[C@@H](C)CCc3ccccc3)ccc2N1S(=O)(=O)c1ccccc1. The van der Waals surface area contributed by atoms with Gasteiger partial charge in [0.25, 0.3) is 15.9 Å². The molecule has 1 aliphatic rings. The molecule has 0 saturated carbocycles. The van der Waals surface area contributed by atoms with Gasteiger partial charge >= 0.3 is 0 Å². The highest BCUT2D eigenvalue weighted by Gasteiger charge is 2.36. The van der Waals surface area contributed by atoms with Crippen LogP contribution in [0.25, 0.3) is 0 Å². The lowest BCUT2D eigenvalue weighted by Crippen LogP contribution is -2.35. The molecule has 6 heteroatoms. The lowest BCUT2D eigenvalue weighted by molar-refractivity contribution is 0.0938. The molecule has 0 bridgehead atoms. The van der Waals surface area contributed by atoms with Gasteiger partial charge in [0.15, 0.2) is 0 Å². The summed E-state index contributed by atoms with van der Waals surface area (Å²) in [6.07, 6.45) is 2.32. The Morgan fingerprint density at radius 1 is 1.03 bits per heavy atom. The second-order valence-electron chi connectivity index (χ2n) is 8.41. The van der Waals surface area contributed by atoms with Gasteiger partial charge in [-0.3, -0.25) is 9.10 Å². The van der Waals surface area contributed by atoms with E-state index < -0.39 is 10.0 Å². The predicted octanol–water partition coefficient (Wildman–Crippen LogP) is 4.58. The standard InChI is InChI=1S/C26H28N2O3S/c1-19(13-14-21-9-5-3-6-10-21)27-26(29)22-15-16-25-23(18-22)17-20(2)28(25)32(30,31)24-11-7-4-8-12-24/h3-12,15-16,18-20H,13-14,17H2,1-2H3,(H,27,29)/t19-,20+/m0/s1. The van der Waals surface area contributed by atoms with Gasteiger partial charge in [-0.15, -0.1) is 0 Å². The van der Waals surface area contributed by atoms with Crippen LogP contribution in [0.15, 0.2) is 83.8 Å². The fourth-order valence-corrected chi connectivity index (χ4v) is 5.94. The molecule has 3 aromatic rings. The zero-order valence-corrected chi connectivity index (χ0v) is 19.2. The van der Waals surface area contributed by atoms with Crippen molar-refractivity contribution >= 4 is 21.6 Å². The largest absolute Gasteiger partial charge is 0.350 e. The summed E-state index contributed by atoms with van der Waals surface area (Å²) in [6.45, 7) is 3.90. The molecule has 0 spiro atoms. The second-order valence-corrected chi connectivity index (χ2v) is 10.2. The highest BCUT2D eigenvalue weighted by Crippen LogP contribution is 2.37. The molecule has 1 N–H and O–H groups in total. The van der Waals surface area contributed by atoms with Crippen molar-refractivity contribution < 1.29 is 13.2 Å². The number of carbonyl (C=O) groups excluding carboxylic acids is 1. The van der Waals surface area contributed by atoms with Crippen LogP contribution in [0.2, 0.25) is 0 Å². The van der Waals surface area contributed by atoms with E-state index in [0.717, 1.165) is 18.4 Å². The molecule has 2 atom stereocenters. The summed E-state index contributed by atoms with van der Waals surface area (Å²) in [7, 11) is -3.65. The summed E-state index contributed by atoms with van der Waals surface area (Å²) >= 11 is 0. The average Bonchev–Trinajstić information content (AvgIpc) is 3.14. The Labute approximate surface area is 190 Å². The predicted molar refractivity (Wildman–Crippen MR) is 127 cm³/mol. The summed E-state index contributed by atoms with van der Waals surface area (Å²) in [5.74, 6) is -0.134. The van der Waals surface area contributed by atoms with E-state index in [9.17, 15) is 13.2 Å². The summed E-state index contributed by atoms with van der Waals surface area (Å²) < 4.78 is 27.9. The van der Waals surface area contributed by atoms with Crippen molar-refractivity contribution in [3.8, 4) is 0 Å². The Morgan fingerprint density at radius 3 is 2.38 bits per heavy atom. The zero-order valence-electron chi connectivity index (χ0n) is 18.4. The number of amides is 1. The molecule has 1 amide bonds. The molecule has 1 heterocycles. The lowest BCUT2D eigenvalue weighted by atomic mass is 10.0. The average molecular weight is 449 g/mol. The van der Waals surface area contributed by atoms with Gasteiger partial charge in [-0.2, -0.15) is 0 Å². The fraction of sp³-hybridized carbons (Fsp3) is 0.269. The minimum Gasteiger partial charge on any atom is -0.350 e. The number of carbonyl (C=O) groups is 1. The monoisotopic (exact) mass is 448 g/mol. The Balaban J connectivity index is 1.47. The first-order chi connectivity index (χ1) is 15.4. The number of anilines is 1.